The van der Waals surface area contributed by atoms with Crippen LogP contribution in [0.1, 0.15) is 11.4 Å². The van der Waals surface area contributed by atoms with E-state index in [4.69, 9.17) is 0 Å². The number of benzene rings is 1. The molecule has 0 radical (unpaired) electrons. The van der Waals surface area contributed by atoms with E-state index in [-0.39, 0.29) is 5.56 Å². The molecule has 1 aromatic carbocycles. The highest BCUT2D eigenvalue weighted by Crippen LogP contribution is 2.26. The second-order valence-electron chi connectivity index (χ2n) is 5.13. The quantitative estimate of drug-likeness (QED) is 0.723. The number of aryl methyl sites for hydroxylation is 2. The Labute approximate surface area is 123 Å². The van der Waals surface area contributed by atoms with Crippen LogP contribution in [-0.4, -0.2) is 14.3 Å². The van der Waals surface area contributed by atoms with Crippen LogP contribution in [0.5, 0.6) is 0 Å². The molecule has 0 fully saturated rings. The highest BCUT2D eigenvalue weighted by Gasteiger charge is 2.12. The Balaban J connectivity index is 2.21. The maximum absolute atomic E-state index is 12.1. The molecule has 3 rings (SSSR count). The second kappa shape index (κ2) is 5.05. The van der Waals surface area contributed by atoms with Gasteiger partial charge in [0.25, 0.3) is 5.56 Å². The molecule has 0 saturated carbocycles. The summed E-state index contributed by atoms with van der Waals surface area (Å²) in [6, 6.07) is 13.1. The molecule has 106 valence electrons. The molecule has 0 amide bonds. The van der Waals surface area contributed by atoms with Gasteiger partial charge in [0.1, 0.15) is 0 Å². The van der Waals surface area contributed by atoms with Crippen molar-refractivity contribution in [2.45, 2.75) is 13.8 Å². The molecular weight excluding hydrogens is 262 g/mol. The molecule has 3 aromatic rings. The van der Waals surface area contributed by atoms with Crippen LogP contribution in [-0.2, 0) is 7.05 Å². The van der Waals surface area contributed by atoms with Crippen LogP contribution in [0.25, 0.3) is 16.8 Å². The van der Waals surface area contributed by atoms with Crippen molar-refractivity contribution in [3.05, 3.63) is 70.4 Å². The number of hydrogen-bond acceptors (Lipinski definition) is 2. The highest BCUT2D eigenvalue weighted by atomic mass is 16.1. The van der Waals surface area contributed by atoms with Gasteiger partial charge in [-0.05, 0) is 32.0 Å². The lowest BCUT2D eigenvalue weighted by atomic mass is 10.1. The summed E-state index contributed by atoms with van der Waals surface area (Å²) in [5.74, 6) is 0. The summed E-state index contributed by atoms with van der Waals surface area (Å²) in [7, 11) is 1.93. The lowest BCUT2D eigenvalue weighted by Gasteiger charge is -2.09. The first-order valence-corrected chi connectivity index (χ1v) is 6.86. The Morgan fingerprint density at radius 3 is 2.33 bits per heavy atom. The fraction of sp³-hybridized carbons (Fsp3) is 0.176. The molecule has 21 heavy (non-hydrogen) atoms. The molecule has 0 N–H and O–H groups in total. The summed E-state index contributed by atoms with van der Waals surface area (Å²) >= 11 is 0. The van der Waals surface area contributed by atoms with E-state index >= 15 is 0 Å². The smallest absolute Gasteiger partial charge is 0.255 e. The van der Waals surface area contributed by atoms with Crippen LogP contribution in [0.4, 0.5) is 0 Å². The van der Waals surface area contributed by atoms with E-state index < -0.39 is 0 Å². The van der Waals surface area contributed by atoms with Crippen molar-refractivity contribution in [3.63, 3.8) is 0 Å². The van der Waals surface area contributed by atoms with Crippen LogP contribution in [0, 0.1) is 13.8 Å². The van der Waals surface area contributed by atoms with Gasteiger partial charge in [-0.15, -0.1) is 0 Å². The molecule has 0 bridgehead atoms. The third-order valence-corrected chi connectivity index (χ3v) is 3.74. The number of para-hydroxylation sites is 1. The fourth-order valence-corrected chi connectivity index (χ4v) is 2.62. The van der Waals surface area contributed by atoms with E-state index in [0.29, 0.717) is 0 Å². The van der Waals surface area contributed by atoms with Crippen molar-refractivity contribution < 1.29 is 0 Å². The molecule has 4 heteroatoms. The third kappa shape index (κ3) is 2.29. The largest absolute Gasteiger partial charge is 0.284 e. The molecule has 0 aliphatic rings. The summed E-state index contributed by atoms with van der Waals surface area (Å²) < 4.78 is 3.53. The van der Waals surface area contributed by atoms with Crippen molar-refractivity contribution in [1.29, 1.82) is 0 Å². The molecule has 4 nitrogen and oxygen atoms in total. The van der Waals surface area contributed by atoms with E-state index in [1.165, 1.54) is 0 Å². The Morgan fingerprint density at radius 1 is 1.00 bits per heavy atom. The molecule has 2 heterocycles. The van der Waals surface area contributed by atoms with Crippen LogP contribution in [0.15, 0.2) is 53.5 Å². The van der Waals surface area contributed by atoms with Crippen molar-refractivity contribution in [1.82, 2.24) is 14.3 Å². The van der Waals surface area contributed by atoms with Crippen LogP contribution in [0.2, 0.25) is 0 Å². The lowest BCUT2D eigenvalue weighted by molar-refractivity contribution is 0.731. The maximum Gasteiger partial charge on any atom is 0.255 e. The van der Waals surface area contributed by atoms with Crippen molar-refractivity contribution in [2.75, 3.05) is 0 Å². The minimum atomic E-state index is -0.0378. The zero-order valence-corrected chi connectivity index (χ0v) is 12.4. The summed E-state index contributed by atoms with van der Waals surface area (Å²) in [4.78, 5) is 12.1. The van der Waals surface area contributed by atoms with Gasteiger partial charge in [-0.2, -0.15) is 5.10 Å². The predicted molar refractivity (Wildman–Crippen MR) is 83.7 cm³/mol. The number of aromatic nitrogens is 3. The summed E-state index contributed by atoms with van der Waals surface area (Å²) in [5.41, 5.74) is 4.97. The highest BCUT2D eigenvalue weighted by molar-refractivity contribution is 5.68. The number of pyridine rings is 1. The Kier molecular flexibility index (Phi) is 3.22. The van der Waals surface area contributed by atoms with Gasteiger partial charge in [0, 0.05) is 41.8 Å². The molecule has 0 aliphatic carbocycles. The van der Waals surface area contributed by atoms with Crippen molar-refractivity contribution in [2.24, 2.45) is 7.05 Å². The molecule has 0 atom stereocenters. The maximum atomic E-state index is 12.1. The summed E-state index contributed by atoms with van der Waals surface area (Å²) in [6.07, 6.45) is 1.88. The Morgan fingerprint density at radius 2 is 1.71 bits per heavy atom. The van der Waals surface area contributed by atoms with E-state index in [1.807, 2.05) is 68.2 Å². The Hall–Kier alpha value is -2.62. The molecule has 2 aromatic heterocycles. The van der Waals surface area contributed by atoms with Gasteiger partial charge in [-0.1, -0.05) is 18.2 Å². The van der Waals surface area contributed by atoms with Gasteiger partial charge in [-0.25, -0.2) is 0 Å². The van der Waals surface area contributed by atoms with Crippen LogP contribution < -0.4 is 5.56 Å². The van der Waals surface area contributed by atoms with E-state index in [0.717, 1.165) is 28.2 Å². The lowest BCUT2D eigenvalue weighted by Crippen LogP contribution is -2.16. The number of nitrogens with zero attached hydrogens (tertiary/aromatic N) is 3. The van der Waals surface area contributed by atoms with E-state index in [1.54, 1.807) is 10.6 Å². The molecule has 0 spiro atoms. The standard InChI is InChI=1S/C17H17N3O/c1-12-17(13(2)19(3)18-12)14-9-10-16(21)20(11-14)15-7-5-4-6-8-15/h4-11H,1-3H3. The number of hydrogen-bond donors (Lipinski definition) is 0. The first kappa shape index (κ1) is 13.4. The SMILES string of the molecule is Cc1nn(C)c(C)c1-c1ccc(=O)n(-c2ccccc2)c1. The first-order valence-electron chi connectivity index (χ1n) is 6.86. The van der Waals surface area contributed by atoms with Crippen molar-refractivity contribution >= 4 is 0 Å². The van der Waals surface area contributed by atoms with Crippen LogP contribution >= 0.6 is 0 Å². The summed E-state index contributed by atoms with van der Waals surface area (Å²) in [6.45, 7) is 4.02. The topological polar surface area (TPSA) is 39.8 Å². The molecule has 0 aliphatic heterocycles. The second-order valence-corrected chi connectivity index (χ2v) is 5.13. The minimum Gasteiger partial charge on any atom is -0.284 e. The predicted octanol–water partition coefficient (Wildman–Crippen LogP) is 2.85. The average Bonchev–Trinajstić information content (AvgIpc) is 2.74. The molecule has 0 unspecified atom stereocenters. The van der Waals surface area contributed by atoms with Gasteiger partial charge >= 0.3 is 0 Å². The van der Waals surface area contributed by atoms with Gasteiger partial charge in [0.2, 0.25) is 0 Å². The number of rotatable bonds is 2. The monoisotopic (exact) mass is 279 g/mol. The fourth-order valence-electron chi connectivity index (χ4n) is 2.62. The summed E-state index contributed by atoms with van der Waals surface area (Å²) in [5, 5.41) is 4.44. The molecule has 0 saturated heterocycles. The van der Waals surface area contributed by atoms with Gasteiger partial charge in [0.05, 0.1) is 5.69 Å². The average molecular weight is 279 g/mol. The van der Waals surface area contributed by atoms with Gasteiger partial charge in [0.15, 0.2) is 0 Å². The van der Waals surface area contributed by atoms with Crippen molar-refractivity contribution in [3.8, 4) is 16.8 Å². The van der Waals surface area contributed by atoms with Crippen LogP contribution in [0.3, 0.4) is 0 Å². The first-order chi connectivity index (χ1) is 10.1. The van der Waals surface area contributed by atoms with E-state index in [9.17, 15) is 4.79 Å². The van der Waals surface area contributed by atoms with E-state index in [2.05, 4.69) is 5.10 Å². The Bertz CT molecular complexity index is 844. The third-order valence-electron chi connectivity index (χ3n) is 3.74. The van der Waals surface area contributed by atoms with Gasteiger partial charge < -0.3 is 0 Å². The normalized spacial score (nSPS) is 10.8. The molecular formula is C17H17N3O. The minimum absolute atomic E-state index is 0.0378. The zero-order valence-electron chi connectivity index (χ0n) is 12.4. The van der Waals surface area contributed by atoms with Gasteiger partial charge in [-0.3, -0.25) is 14.0 Å². The zero-order chi connectivity index (χ0) is 15.0.